The van der Waals surface area contributed by atoms with Gasteiger partial charge in [-0.2, -0.15) is 0 Å². The van der Waals surface area contributed by atoms with E-state index in [1.54, 1.807) is 48.5 Å². The van der Waals surface area contributed by atoms with Crippen molar-refractivity contribution in [3.8, 4) is 0 Å². The second-order valence-electron chi connectivity index (χ2n) is 9.91. The minimum absolute atomic E-state index is 0.0794. The zero-order valence-corrected chi connectivity index (χ0v) is 21.6. The zero-order valence-electron chi connectivity index (χ0n) is 20.8. The quantitative estimate of drug-likeness (QED) is 0.480. The van der Waals surface area contributed by atoms with Gasteiger partial charge in [-0.25, -0.2) is 24.3 Å². The van der Waals surface area contributed by atoms with Crippen LogP contribution in [0.25, 0.3) is 0 Å². The average Bonchev–Trinajstić information content (AvgIpc) is 3.03. The molecule has 1 saturated heterocycles. The van der Waals surface area contributed by atoms with E-state index in [2.05, 4.69) is 15.2 Å². The maximum atomic E-state index is 13.2. The number of carbonyl (C=O) groups is 3. The van der Waals surface area contributed by atoms with Crippen LogP contribution < -0.4 is 10.2 Å². The fourth-order valence-electron chi connectivity index (χ4n) is 3.18. The van der Waals surface area contributed by atoms with Gasteiger partial charge in [-0.15, -0.1) is 0 Å². The molecule has 0 spiro atoms. The number of carbonyl (C=O) groups excluding carboxylic acids is 3. The fraction of sp³-hybridized carbons (Fsp3) is 0.727. The van der Waals surface area contributed by atoms with Crippen molar-refractivity contribution in [2.24, 2.45) is 0 Å². The van der Waals surface area contributed by atoms with Crippen molar-refractivity contribution in [1.82, 2.24) is 9.88 Å². The lowest BCUT2D eigenvalue weighted by Gasteiger charge is -2.36. The molecule has 33 heavy (non-hydrogen) atoms. The van der Waals surface area contributed by atoms with Gasteiger partial charge < -0.3 is 19.1 Å². The predicted molar refractivity (Wildman–Crippen MR) is 127 cm³/mol. The number of piperidine rings is 1. The van der Waals surface area contributed by atoms with Crippen molar-refractivity contribution in [1.29, 1.82) is 0 Å². The Hall–Kier alpha value is -2.40. The Bertz CT molecular complexity index is 850. The van der Waals surface area contributed by atoms with Crippen LogP contribution in [0.2, 0.25) is 0 Å². The predicted octanol–water partition coefficient (Wildman–Crippen LogP) is 4.50. The van der Waals surface area contributed by atoms with Crippen molar-refractivity contribution in [3.63, 3.8) is 0 Å². The normalized spacial score (nSPS) is 15.6. The van der Waals surface area contributed by atoms with Crippen LogP contribution in [-0.4, -0.2) is 72.0 Å². The summed E-state index contributed by atoms with van der Waals surface area (Å²) in [4.78, 5) is 46.2. The Labute approximate surface area is 199 Å². The van der Waals surface area contributed by atoms with Crippen molar-refractivity contribution in [2.45, 2.75) is 78.6 Å². The zero-order chi connectivity index (χ0) is 25.0. The van der Waals surface area contributed by atoms with E-state index in [1.165, 1.54) is 4.90 Å². The van der Waals surface area contributed by atoms with Crippen molar-refractivity contribution in [3.05, 3.63) is 5.69 Å². The molecule has 0 atom stereocenters. The second kappa shape index (κ2) is 10.7. The highest BCUT2D eigenvalue weighted by molar-refractivity contribution is 7.20. The smallest absolute Gasteiger partial charge is 0.416 e. The summed E-state index contributed by atoms with van der Waals surface area (Å²) in [7, 11) is 2.03. The van der Waals surface area contributed by atoms with Gasteiger partial charge in [0.15, 0.2) is 10.8 Å². The van der Waals surface area contributed by atoms with Gasteiger partial charge in [-0.05, 0) is 81.4 Å². The van der Waals surface area contributed by atoms with Crippen molar-refractivity contribution >= 4 is 39.6 Å². The highest BCUT2D eigenvalue weighted by Gasteiger charge is 2.35. The molecule has 1 aliphatic heterocycles. The Morgan fingerprint density at radius 1 is 1.09 bits per heavy atom. The molecule has 1 N–H and O–H groups in total. The fourth-order valence-corrected chi connectivity index (χ4v) is 4.18. The van der Waals surface area contributed by atoms with Gasteiger partial charge in [-0.1, -0.05) is 11.3 Å². The molecule has 186 valence electrons. The van der Waals surface area contributed by atoms with E-state index < -0.39 is 29.4 Å². The largest absolute Gasteiger partial charge is 0.461 e. The molecule has 10 nitrogen and oxygen atoms in total. The maximum absolute atomic E-state index is 13.2. The third-order valence-corrected chi connectivity index (χ3v) is 5.52. The second-order valence-corrected chi connectivity index (χ2v) is 10.9. The monoisotopic (exact) mass is 484 g/mol. The topological polar surface area (TPSA) is 110 Å². The Balaban J connectivity index is 2.44. The van der Waals surface area contributed by atoms with Crippen molar-refractivity contribution < 1.29 is 28.6 Å². The van der Waals surface area contributed by atoms with Gasteiger partial charge in [0.25, 0.3) is 0 Å². The molecule has 1 aromatic heterocycles. The van der Waals surface area contributed by atoms with E-state index in [1.807, 2.05) is 7.05 Å². The first kappa shape index (κ1) is 26.8. The first-order valence-corrected chi connectivity index (χ1v) is 11.9. The molecule has 2 amide bonds. The molecule has 1 fully saturated rings. The third kappa shape index (κ3) is 8.15. The van der Waals surface area contributed by atoms with Crippen molar-refractivity contribution in [2.75, 3.05) is 37.0 Å². The van der Waals surface area contributed by atoms with Gasteiger partial charge in [0, 0.05) is 6.04 Å². The molecule has 0 unspecified atom stereocenters. The molecule has 0 bridgehead atoms. The first-order chi connectivity index (χ1) is 15.2. The Morgan fingerprint density at radius 2 is 1.67 bits per heavy atom. The number of amides is 2. The summed E-state index contributed by atoms with van der Waals surface area (Å²) in [5, 5.41) is 3.00. The molecule has 1 aliphatic rings. The minimum Gasteiger partial charge on any atom is -0.461 e. The molecule has 11 heteroatoms. The minimum atomic E-state index is -0.730. The van der Waals surface area contributed by atoms with Crippen LogP contribution in [0.3, 0.4) is 0 Å². The molecule has 0 aliphatic carbocycles. The summed E-state index contributed by atoms with van der Waals surface area (Å²) in [6.07, 6.45) is 0.161. The number of nitrogens with one attached hydrogen (secondary N) is 1. The number of aromatic nitrogens is 1. The molecule has 0 saturated carbocycles. The first-order valence-electron chi connectivity index (χ1n) is 11.1. The van der Waals surface area contributed by atoms with E-state index in [0.717, 1.165) is 37.3 Å². The number of ether oxygens (including phenoxy) is 3. The molecular weight excluding hydrogens is 448 g/mol. The number of nitrogens with zero attached hydrogens (tertiary/aromatic N) is 3. The number of hydrogen-bond acceptors (Lipinski definition) is 9. The standard InChI is InChI=1S/C22H36N4O6S/c1-9-30-17(27)15-16(24-19(28)31-21(2,3)4)33-18(23-15)26(20(29)32-22(5,6)7)14-10-12-25(8)13-11-14/h14H,9-13H2,1-8H3,(H,24,28). The van der Waals surface area contributed by atoms with Crippen LogP contribution in [-0.2, 0) is 14.2 Å². The van der Waals surface area contributed by atoms with Crippen LogP contribution in [0.1, 0.15) is 71.8 Å². The van der Waals surface area contributed by atoms with Crippen LogP contribution >= 0.6 is 11.3 Å². The number of hydrogen-bond donors (Lipinski definition) is 1. The van der Waals surface area contributed by atoms with Gasteiger partial charge >= 0.3 is 18.2 Å². The van der Waals surface area contributed by atoms with Crippen LogP contribution in [0.4, 0.5) is 19.7 Å². The number of anilines is 2. The van der Waals surface area contributed by atoms with Gasteiger partial charge in [-0.3, -0.25) is 5.32 Å². The number of likely N-dealkylation sites (tertiary alicyclic amines) is 1. The summed E-state index contributed by atoms with van der Waals surface area (Å²) in [5.41, 5.74) is -1.51. The summed E-state index contributed by atoms with van der Waals surface area (Å²) >= 11 is 1.01. The lowest BCUT2D eigenvalue weighted by molar-refractivity contribution is 0.0513. The highest BCUT2D eigenvalue weighted by Crippen LogP contribution is 2.35. The molecular formula is C22H36N4O6S. The molecule has 1 aromatic rings. The number of esters is 1. The van der Waals surface area contributed by atoms with E-state index in [9.17, 15) is 14.4 Å². The Morgan fingerprint density at radius 3 is 2.18 bits per heavy atom. The lowest BCUT2D eigenvalue weighted by atomic mass is 10.0. The summed E-state index contributed by atoms with van der Waals surface area (Å²) in [6, 6.07) is -0.161. The Kier molecular flexibility index (Phi) is 8.69. The highest BCUT2D eigenvalue weighted by atomic mass is 32.1. The van der Waals surface area contributed by atoms with E-state index in [-0.39, 0.29) is 28.5 Å². The number of rotatable bonds is 5. The summed E-state index contributed by atoms with van der Waals surface area (Å²) in [6.45, 7) is 14.0. The molecule has 0 radical (unpaired) electrons. The molecule has 0 aromatic carbocycles. The van der Waals surface area contributed by atoms with Gasteiger partial charge in [0.1, 0.15) is 16.2 Å². The third-order valence-electron chi connectivity index (χ3n) is 4.55. The van der Waals surface area contributed by atoms with Crippen LogP contribution in [0.5, 0.6) is 0 Å². The van der Waals surface area contributed by atoms with E-state index in [0.29, 0.717) is 0 Å². The maximum Gasteiger partial charge on any atom is 0.416 e. The number of thiazole rings is 1. The summed E-state index contributed by atoms with van der Waals surface area (Å²) < 4.78 is 16.1. The van der Waals surface area contributed by atoms with E-state index >= 15 is 0 Å². The molecule has 2 heterocycles. The summed E-state index contributed by atoms with van der Waals surface area (Å²) in [5.74, 6) is -0.696. The lowest BCUT2D eigenvalue weighted by Crippen LogP contribution is -2.48. The average molecular weight is 485 g/mol. The van der Waals surface area contributed by atoms with Gasteiger partial charge in [0.2, 0.25) is 0 Å². The molecule has 2 rings (SSSR count). The van der Waals surface area contributed by atoms with Crippen LogP contribution in [0, 0.1) is 0 Å². The van der Waals surface area contributed by atoms with E-state index in [4.69, 9.17) is 14.2 Å². The SMILES string of the molecule is CCOC(=O)c1nc(N(C(=O)OC(C)(C)C)C2CCN(C)CC2)sc1NC(=O)OC(C)(C)C. The van der Waals surface area contributed by atoms with Gasteiger partial charge in [0.05, 0.1) is 6.61 Å². The van der Waals surface area contributed by atoms with Crippen LogP contribution in [0.15, 0.2) is 0 Å².